The van der Waals surface area contributed by atoms with Gasteiger partial charge in [0.1, 0.15) is 12.1 Å². The van der Waals surface area contributed by atoms with Gasteiger partial charge in [0.2, 0.25) is 17.7 Å². The Hall–Kier alpha value is -1.59. The van der Waals surface area contributed by atoms with Crippen LogP contribution in [-0.2, 0) is 14.4 Å². The third-order valence-electron chi connectivity index (χ3n) is 3.97. The van der Waals surface area contributed by atoms with Gasteiger partial charge in [0.25, 0.3) is 0 Å². The van der Waals surface area contributed by atoms with Crippen LogP contribution in [0.15, 0.2) is 0 Å². The van der Waals surface area contributed by atoms with Crippen LogP contribution < -0.4 is 16.0 Å². The molecule has 0 radical (unpaired) electrons. The summed E-state index contributed by atoms with van der Waals surface area (Å²) < 4.78 is 0. The number of amides is 3. The Balaban J connectivity index is 2.33. The number of likely N-dealkylation sites (N-methyl/N-ethyl adjacent to an activating group) is 1. The summed E-state index contributed by atoms with van der Waals surface area (Å²) in [6.45, 7) is 3.23. The second-order valence-electron chi connectivity index (χ2n) is 5.84. The molecule has 1 aliphatic carbocycles. The largest absolute Gasteiger partial charge is 0.357 e. The molecule has 120 valence electrons. The number of rotatable bonds is 6. The summed E-state index contributed by atoms with van der Waals surface area (Å²) >= 11 is 0. The third-order valence-corrected chi connectivity index (χ3v) is 3.97. The van der Waals surface area contributed by atoms with Gasteiger partial charge in [-0.2, -0.15) is 0 Å². The summed E-state index contributed by atoms with van der Waals surface area (Å²) in [5, 5.41) is 7.74. The number of nitrogens with one attached hydrogen (secondary N) is 3. The molecule has 6 nitrogen and oxygen atoms in total. The minimum absolute atomic E-state index is 0.0860. The van der Waals surface area contributed by atoms with E-state index in [1.54, 1.807) is 13.8 Å². The number of carbonyl (C=O) groups excluding carboxylic acids is 3. The summed E-state index contributed by atoms with van der Waals surface area (Å²) in [4.78, 5) is 35.2. The molecule has 0 aromatic carbocycles. The molecular formula is C15H27N3O3. The Morgan fingerprint density at radius 1 is 0.952 bits per heavy atom. The summed E-state index contributed by atoms with van der Waals surface area (Å²) in [5.74, 6) is -0.247. The average molecular weight is 297 g/mol. The van der Waals surface area contributed by atoms with Crippen LogP contribution in [0.1, 0.15) is 52.4 Å². The molecule has 2 atom stereocenters. The summed E-state index contributed by atoms with van der Waals surface area (Å²) in [7, 11) is 1.51. The lowest BCUT2D eigenvalue weighted by Crippen LogP contribution is -2.51. The van der Waals surface area contributed by atoms with E-state index < -0.39 is 12.1 Å². The fraction of sp³-hybridized carbons (Fsp3) is 0.800. The predicted molar refractivity (Wildman–Crippen MR) is 80.5 cm³/mol. The van der Waals surface area contributed by atoms with E-state index >= 15 is 0 Å². The van der Waals surface area contributed by atoms with Gasteiger partial charge in [0, 0.05) is 13.5 Å². The van der Waals surface area contributed by atoms with Crippen molar-refractivity contribution in [2.24, 2.45) is 5.92 Å². The molecule has 21 heavy (non-hydrogen) atoms. The van der Waals surface area contributed by atoms with Gasteiger partial charge in [-0.1, -0.05) is 19.3 Å². The van der Waals surface area contributed by atoms with Gasteiger partial charge in [0.05, 0.1) is 0 Å². The standard InChI is InChI=1S/C15H27N3O3/c1-10(14(20)16-3)18-15(21)11(2)17-13(19)9-12-7-5-4-6-8-12/h10-12H,4-9H2,1-3H3,(H,16,20)(H,17,19)(H,18,21)/t10-,11-/m1/s1. The molecule has 0 aromatic rings. The van der Waals surface area contributed by atoms with Gasteiger partial charge in [-0.3, -0.25) is 14.4 Å². The quantitative estimate of drug-likeness (QED) is 0.675. The second-order valence-corrected chi connectivity index (χ2v) is 5.84. The van der Waals surface area contributed by atoms with Gasteiger partial charge in [0.15, 0.2) is 0 Å². The highest BCUT2D eigenvalue weighted by atomic mass is 16.2. The van der Waals surface area contributed by atoms with Crippen LogP contribution in [0.4, 0.5) is 0 Å². The monoisotopic (exact) mass is 297 g/mol. The zero-order valence-corrected chi connectivity index (χ0v) is 13.2. The number of hydrogen-bond acceptors (Lipinski definition) is 3. The Kier molecular flexibility index (Phi) is 7.19. The van der Waals surface area contributed by atoms with Crippen LogP contribution in [0.5, 0.6) is 0 Å². The van der Waals surface area contributed by atoms with Crippen LogP contribution in [0.2, 0.25) is 0 Å². The van der Waals surface area contributed by atoms with Crippen molar-refractivity contribution in [2.75, 3.05) is 7.05 Å². The molecule has 0 aliphatic heterocycles. The molecule has 1 saturated carbocycles. The molecule has 1 rings (SSSR count). The highest BCUT2D eigenvalue weighted by Gasteiger charge is 2.22. The van der Waals surface area contributed by atoms with Crippen molar-refractivity contribution >= 4 is 17.7 Å². The second kappa shape index (κ2) is 8.64. The summed E-state index contributed by atoms with van der Waals surface area (Å²) in [6.07, 6.45) is 6.33. The maximum atomic E-state index is 11.9. The first-order valence-corrected chi connectivity index (χ1v) is 7.75. The van der Waals surface area contributed by atoms with Crippen molar-refractivity contribution in [3.05, 3.63) is 0 Å². The smallest absolute Gasteiger partial charge is 0.242 e. The van der Waals surface area contributed by atoms with Crippen molar-refractivity contribution in [2.45, 2.75) is 64.5 Å². The van der Waals surface area contributed by atoms with Crippen molar-refractivity contribution in [3.63, 3.8) is 0 Å². The molecule has 0 bridgehead atoms. The van der Waals surface area contributed by atoms with E-state index in [1.165, 1.54) is 26.3 Å². The first-order valence-electron chi connectivity index (χ1n) is 7.75. The van der Waals surface area contributed by atoms with Crippen molar-refractivity contribution in [1.82, 2.24) is 16.0 Å². The Bertz CT molecular complexity index is 378. The van der Waals surface area contributed by atoms with Crippen molar-refractivity contribution in [3.8, 4) is 0 Å². The molecule has 3 N–H and O–H groups in total. The van der Waals surface area contributed by atoms with Crippen LogP contribution >= 0.6 is 0 Å². The first-order chi connectivity index (χ1) is 9.93. The van der Waals surface area contributed by atoms with Crippen molar-refractivity contribution in [1.29, 1.82) is 0 Å². The molecule has 1 aliphatic rings. The van der Waals surface area contributed by atoms with Gasteiger partial charge >= 0.3 is 0 Å². The normalized spacial score (nSPS) is 18.4. The first kappa shape index (κ1) is 17.5. The average Bonchev–Trinajstić information content (AvgIpc) is 2.46. The summed E-state index contributed by atoms with van der Waals surface area (Å²) in [6, 6.07) is -1.24. The molecule has 3 amide bonds. The highest BCUT2D eigenvalue weighted by molar-refractivity contribution is 5.91. The van der Waals surface area contributed by atoms with Crippen LogP contribution in [-0.4, -0.2) is 36.9 Å². The lowest BCUT2D eigenvalue weighted by molar-refractivity contribution is -0.131. The Morgan fingerprint density at radius 3 is 2.10 bits per heavy atom. The van der Waals surface area contributed by atoms with Crippen molar-refractivity contribution < 1.29 is 14.4 Å². The zero-order valence-electron chi connectivity index (χ0n) is 13.2. The third kappa shape index (κ3) is 6.14. The van der Waals surface area contributed by atoms with Gasteiger partial charge in [-0.05, 0) is 32.6 Å². The lowest BCUT2D eigenvalue weighted by Gasteiger charge is -2.22. The van der Waals surface area contributed by atoms with Gasteiger partial charge in [-0.25, -0.2) is 0 Å². The van der Waals surface area contributed by atoms with Crippen LogP contribution in [0, 0.1) is 5.92 Å². The molecule has 1 fully saturated rings. The van der Waals surface area contributed by atoms with Crippen LogP contribution in [0.3, 0.4) is 0 Å². The number of carbonyl (C=O) groups is 3. The van der Waals surface area contributed by atoms with E-state index in [2.05, 4.69) is 16.0 Å². The lowest BCUT2D eigenvalue weighted by atomic mass is 9.87. The fourth-order valence-electron chi connectivity index (χ4n) is 2.64. The van der Waals surface area contributed by atoms with Gasteiger partial charge < -0.3 is 16.0 Å². The predicted octanol–water partition coefficient (Wildman–Crippen LogP) is 0.712. The van der Waals surface area contributed by atoms with E-state index in [4.69, 9.17) is 0 Å². The highest BCUT2D eigenvalue weighted by Crippen LogP contribution is 2.26. The maximum absolute atomic E-state index is 11.9. The summed E-state index contributed by atoms with van der Waals surface area (Å²) in [5.41, 5.74) is 0. The topological polar surface area (TPSA) is 87.3 Å². The molecule has 0 saturated heterocycles. The minimum Gasteiger partial charge on any atom is -0.357 e. The SMILES string of the molecule is CNC(=O)[C@@H](C)NC(=O)[C@@H](C)NC(=O)CC1CCCCC1. The zero-order chi connectivity index (χ0) is 15.8. The van der Waals surface area contributed by atoms with E-state index in [-0.39, 0.29) is 17.7 Å². The number of hydrogen-bond donors (Lipinski definition) is 3. The van der Waals surface area contributed by atoms with Crippen LogP contribution in [0.25, 0.3) is 0 Å². The minimum atomic E-state index is -0.631. The molecular weight excluding hydrogens is 270 g/mol. The van der Waals surface area contributed by atoms with E-state index in [0.717, 1.165) is 12.8 Å². The molecule has 6 heteroatoms. The Morgan fingerprint density at radius 2 is 1.52 bits per heavy atom. The van der Waals surface area contributed by atoms with Gasteiger partial charge in [-0.15, -0.1) is 0 Å². The molecule has 0 unspecified atom stereocenters. The van der Waals surface area contributed by atoms with E-state index in [0.29, 0.717) is 12.3 Å². The van der Waals surface area contributed by atoms with E-state index in [1.807, 2.05) is 0 Å². The molecule has 0 spiro atoms. The fourth-order valence-corrected chi connectivity index (χ4v) is 2.64. The molecule has 0 heterocycles. The Labute approximate surface area is 126 Å². The molecule has 0 aromatic heterocycles. The maximum Gasteiger partial charge on any atom is 0.242 e. The van der Waals surface area contributed by atoms with E-state index in [9.17, 15) is 14.4 Å².